The van der Waals surface area contributed by atoms with Crippen LogP contribution in [0.3, 0.4) is 0 Å². The molecule has 0 amide bonds. The minimum absolute atomic E-state index is 0. The van der Waals surface area contributed by atoms with Crippen molar-refractivity contribution in [3.05, 3.63) is 376 Å². The summed E-state index contributed by atoms with van der Waals surface area (Å²) in [7, 11) is 0. The highest BCUT2D eigenvalue weighted by Gasteiger charge is 2.53. The number of halogens is 1. The van der Waals surface area contributed by atoms with Gasteiger partial charge in [-0.1, -0.05) is 302 Å². The van der Waals surface area contributed by atoms with Crippen LogP contribution in [0, 0.1) is 0 Å². The van der Waals surface area contributed by atoms with Crippen LogP contribution >= 0.6 is 15.9 Å². The van der Waals surface area contributed by atoms with Gasteiger partial charge in [0.15, 0.2) is 0 Å². The fourth-order valence-corrected chi connectivity index (χ4v) is 16.2. The van der Waals surface area contributed by atoms with Crippen LogP contribution in [0.4, 0.5) is 5.69 Å². The van der Waals surface area contributed by atoms with Gasteiger partial charge in [-0.2, -0.15) is 0 Å². The van der Waals surface area contributed by atoms with Gasteiger partial charge in [-0.05, 0) is 154 Å². The minimum atomic E-state index is -0.301. The molecule has 2 N–H and O–H groups in total. The molecule has 2 spiro atoms. The fraction of sp³-hybridized carbons (Fsp3) is 0.0455. The molecule has 4 aliphatic rings. The van der Waals surface area contributed by atoms with Gasteiger partial charge in [0.05, 0.1) is 10.8 Å². The molecule has 92 heavy (non-hydrogen) atoms. The highest BCUT2D eigenvalue weighted by Crippen LogP contribution is 2.64. The first-order valence-corrected chi connectivity index (χ1v) is 32.0. The summed E-state index contributed by atoms with van der Waals surface area (Å²) in [4.78, 5) is 0. The second-order valence-corrected chi connectivity index (χ2v) is 25.3. The van der Waals surface area contributed by atoms with Crippen molar-refractivity contribution in [1.82, 2.24) is 0 Å². The van der Waals surface area contributed by atoms with Gasteiger partial charge in [-0.15, -0.1) is 0 Å². The summed E-state index contributed by atoms with van der Waals surface area (Å²) < 4.78 is 13.5. The lowest BCUT2D eigenvalue weighted by Gasteiger charge is -2.30. The van der Waals surface area contributed by atoms with E-state index in [2.05, 4.69) is 295 Å². The second-order valence-electron chi connectivity index (χ2n) is 24.4. The summed E-state index contributed by atoms with van der Waals surface area (Å²) in [5.41, 5.74) is 39.1. The van der Waals surface area contributed by atoms with Crippen LogP contribution in [0.2, 0.25) is 0 Å². The number of hydrogen-bond acceptors (Lipinski definition) is 3. The number of rotatable bonds is 4. The molecule has 2 aromatic heterocycles. The van der Waals surface area contributed by atoms with Crippen LogP contribution in [-0.4, -0.2) is 0 Å². The molecule has 0 fully saturated rings. The van der Waals surface area contributed by atoms with Crippen molar-refractivity contribution in [2.24, 2.45) is 0 Å². The normalized spacial score (nSPS) is 13.2. The van der Waals surface area contributed by atoms with Gasteiger partial charge >= 0.3 is 0 Å². The third-order valence-corrected chi connectivity index (χ3v) is 20.2. The van der Waals surface area contributed by atoms with Crippen molar-refractivity contribution in [3.8, 4) is 66.8 Å². The van der Waals surface area contributed by atoms with Crippen LogP contribution < -0.4 is 5.73 Å². The summed E-state index contributed by atoms with van der Waals surface area (Å²) in [6, 6.07) is 114. The highest BCUT2D eigenvalue weighted by atomic mass is 79.9. The number of fused-ring (bicyclic) bond motifs is 26. The second kappa shape index (κ2) is 21.6. The smallest absolute Gasteiger partial charge is 0.143 e. The number of nitrogens with two attached hydrogens (primary N) is 1. The van der Waals surface area contributed by atoms with Crippen LogP contribution in [0.5, 0.6) is 0 Å². The molecule has 20 rings (SSSR count). The van der Waals surface area contributed by atoms with Crippen molar-refractivity contribution in [3.63, 3.8) is 0 Å². The van der Waals surface area contributed by atoms with Gasteiger partial charge in [0.1, 0.15) is 22.3 Å². The first-order chi connectivity index (χ1) is 44.9. The van der Waals surface area contributed by atoms with Gasteiger partial charge in [-0.25, -0.2) is 0 Å². The number of nitrogen functional groups attached to an aromatic ring is 1. The maximum Gasteiger partial charge on any atom is 0.143 e. The molecule has 14 aromatic carbocycles. The molecule has 0 unspecified atom stereocenters. The number of benzene rings is 14. The Morgan fingerprint density at radius 3 is 1.01 bits per heavy atom. The Morgan fingerprint density at radius 1 is 0.272 bits per heavy atom. The lowest BCUT2D eigenvalue weighted by Crippen LogP contribution is -2.26. The molecule has 16 aromatic rings. The summed E-state index contributed by atoms with van der Waals surface area (Å²) in [5, 5.41) is 4.66. The van der Waals surface area contributed by atoms with E-state index in [-0.39, 0.29) is 18.3 Å². The number of furan rings is 2. The predicted molar refractivity (Wildman–Crippen MR) is 385 cm³/mol. The van der Waals surface area contributed by atoms with Gasteiger partial charge in [0.2, 0.25) is 0 Å². The van der Waals surface area contributed by atoms with E-state index in [0.717, 1.165) is 66.4 Å². The van der Waals surface area contributed by atoms with Crippen LogP contribution in [0.25, 0.3) is 111 Å². The number of anilines is 1. The van der Waals surface area contributed by atoms with Crippen molar-refractivity contribution in [2.75, 3.05) is 5.73 Å². The molecule has 0 radical (unpaired) electrons. The maximum atomic E-state index is 6.33. The molecule has 0 saturated heterocycles. The Balaban J connectivity index is 0.000000116. The van der Waals surface area contributed by atoms with E-state index in [0.29, 0.717) is 0 Å². The van der Waals surface area contributed by atoms with Gasteiger partial charge in [0.25, 0.3) is 0 Å². The third-order valence-electron chi connectivity index (χ3n) is 19.7. The monoisotopic (exact) mass is 1240 g/mol. The molecular weight excluding hydrogens is 1180 g/mol. The SMILES string of the molecule is Brc1ccc(-c2cccc3c2oc2ccccc23)cc1.C.Nc1ccc2c(c1)C1(c3ccccc3-c3ccccc31)c1ccccc1-2.c1ccc2c(c1)-c1ccccc1C21c2ccccc2-c2ccc(Cc3ccc(-c4cccc5c4oc4ccccc45)cc3)cc21. The molecule has 4 aliphatic carbocycles. The van der Waals surface area contributed by atoms with Crippen molar-refractivity contribution < 1.29 is 8.83 Å². The van der Waals surface area contributed by atoms with Crippen LogP contribution in [0.15, 0.2) is 329 Å². The maximum absolute atomic E-state index is 6.33. The average Bonchev–Trinajstić information content (AvgIpc) is 1.52. The zero-order chi connectivity index (χ0) is 60.4. The predicted octanol–water partition coefficient (Wildman–Crippen LogP) is 23.5. The number of hydrogen-bond donors (Lipinski definition) is 1. The van der Waals surface area contributed by atoms with Crippen LogP contribution in [-0.2, 0) is 17.3 Å². The summed E-state index contributed by atoms with van der Waals surface area (Å²) in [5.74, 6) is 0. The average molecular weight is 1240 g/mol. The standard InChI is InChI=1S/C44H28O.C25H17N.C18H11BrO.CH4/c1-5-16-38-32(10-1)33-11-2-6-17-39(33)44(38)40-18-7-3-12-34(40)35-25-22-29(27-41(35)44)26-28-20-23-30(24-21-28)31-14-9-15-37-36-13-4-8-19-42(36)45-43(31)37;26-16-13-14-20-19-9-3-6-12-23(19)25(24(20)15-16)21-10-4-1-7-17(21)18-8-2-5-11-22(18)25;19-13-10-8-12(9-11-13)14-5-3-6-16-15-4-1-2-7-17(15)20-18(14)16;/h1-25,27H,26H2;1-15H,26H2;1-11H;1H4. The Labute approximate surface area is 543 Å². The Hall–Kier alpha value is -11.0. The van der Waals surface area contributed by atoms with Crippen molar-refractivity contribution in [2.45, 2.75) is 24.7 Å². The van der Waals surface area contributed by atoms with Gasteiger partial charge in [-0.3, -0.25) is 0 Å². The first kappa shape index (κ1) is 55.1. The third kappa shape index (κ3) is 8.13. The van der Waals surface area contributed by atoms with E-state index in [1.54, 1.807) is 0 Å². The summed E-state index contributed by atoms with van der Waals surface area (Å²) in [6.07, 6.45) is 0.873. The van der Waals surface area contributed by atoms with Crippen LogP contribution in [0.1, 0.15) is 63.1 Å². The zero-order valence-electron chi connectivity index (χ0n) is 49.5. The Bertz CT molecular complexity index is 5480. The van der Waals surface area contributed by atoms with Gasteiger partial charge < -0.3 is 14.6 Å². The lowest BCUT2D eigenvalue weighted by atomic mass is 9.70. The molecule has 4 heteroatoms. The molecule has 2 heterocycles. The molecular formula is C88H60BrNO2. The summed E-state index contributed by atoms with van der Waals surface area (Å²) >= 11 is 3.47. The van der Waals surface area contributed by atoms with E-state index in [4.69, 9.17) is 14.6 Å². The van der Waals surface area contributed by atoms with E-state index in [1.165, 1.54) is 116 Å². The molecule has 0 saturated carbocycles. The molecule has 0 bridgehead atoms. The zero-order valence-corrected chi connectivity index (χ0v) is 51.1. The summed E-state index contributed by atoms with van der Waals surface area (Å²) in [6.45, 7) is 0. The minimum Gasteiger partial charge on any atom is -0.455 e. The Morgan fingerprint density at radius 2 is 0.587 bits per heavy atom. The molecule has 3 nitrogen and oxygen atoms in total. The topological polar surface area (TPSA) is 52.3 Å². The lowest BCUT2D eigenvalue weighted by molar-refractivity contribution is 0.669. The van der Waals surface area contributed by atoms with Crippen molar-refractivity contribution >= 4 is 65.5 Å². The van der Waals surface area contributed by atoms with E-state index < -0.39 is 0 Å². The molecule has 0 aliphatic heterocycles. The van der Waals surface area contributed by atoms with E-state index in [9.17, 15) is 0 Å². The first-order valence-electron chi connectivity index (χ1n) is 31.2. The quantitative estimate of drug-likeness (QED) is 0.179. The number of para-hydroxylation sites is 4. The van der Waals surface area contributed by atoms with E-state index >= 15 is 0 Å². The largest absolute Gasteiger partial charge is 0.455 e. The molecule has 0 atom stereocenters. The van der Waals surface area contributed by atoms with Crippen molar-refractivity contribution in [1.29, 1.82) is 0 Å². The molecule has 436 valence electrons. The Kier molecular flexibility index (Phi) is 12.9. The highest BCUT2D eigenvalue weighted by molar-refractivity contribution is 9.10. The fourth-order valence-electron chi connectivity index (χ4n) is 16.0. The van der Waals surface area contributed by atoms with Gasteiger partial charge in [0, 0.05) is 42.8 Å². The van der Waals surface area contributed by atoms with E-state index in [1.807, 2.05) is 36.4 Å².